The fraction of sp³-hybridized carbons (Fsp3) is 0.0455. The van der Waals surface area contributed by atoms with Gasteiger partial charge >= 0.3 is 0 Å². The van der Waals surface area contributed by atoms with Crippen LogP contribution in [0, 0.1) is 11.3 Å². The van der Waals surface area contributed by atoms with Crippen molar-refractivity contribution >= 4 is 43.1 Å². The van der Waals surface area contributed by atoms with Crippen molar-refractivity contribution in [1.29, 1.82) is 5.26 Å². The van der Waals surface area contributed by atoms with E-state index in [1.54, 1.807) is 11.3 Å². The molecule has 5 aromatic rings. The summed E-state index contributed by atoms with van der Waals surface area (Å²) in [6, 6.07) is 23.4. The number of para-hydroxylation sites is 1. The van der Waals surface area contributed by atoms with Crippen LogP contribution in [-0.2, 0) is 7.05 Å². The van der Waals surface area contributed by atoms with E-state index < -0.39 is 0 Å². The van der Waals surface area contributed by atoms with Gasteiger partial charge < -0.3 is 4.57 Å². The molecule has 0 aliphatic heterocycles. The quantitative estimate of drug-likeness (QED) is 0.364. The van der Waals surface area contributed by atoms with Crippen LogP contribution in [0.4, 0.5) is 0 Å². The van der Waals surface area contributed by atoms with Crippen LogP contribution >= 0.6 is 11.3 Å². The van der Waals surface area contributed by atoms with Gasteiger partial charge in [0.05, 0.1) is 10.4 Å². The summed E-state index contributed by atoms with van der Waals surface area (Å²) in [5.41, 5.74) is 3.10. The summed E-state index contributed by atoms with van der Waals surface area (Å²) in [4.78, 5) is 1.06. The molecule has 0 aliphatic carbocycles. The summed E-state index contributed by atoms with van der Waals surface area (Å²) in [6.45, 7) is 0. The zero-order valence-corrected chi connectivity index (χ0v) is 14.5. The minimum atomic E-state index is 0.780. The molecule has 0 unspecified atom stereocenters. The van der Waals surface area contributed by atoms with Gasteiger partial charge in [-0.2, -0.15) is 5.26 Å². The van der Waals surface area contributed by atoms with Gasteiger partial charge in [0, 0.05) is 39.8 Å². The number of benzene rings is 3. The van der Waals surface area contributed by atoms with Crippen molar-refractivity contribution in [2.45, 2.75) is 0 Å². The summed E-state index contributed by atoms with van der Waals surface area (Å²) in [5.74, 6) is 0. The predicted molar refractivity (Wildman–Crippen MR) is 106 cm³/mol. The van der Waals surface area contributed by atoms with Crippen LogP contribution in [0.1, 0.15) is 5.56 Å². The minimum absolute atomic E-state index is 0.780. The molecule has 0 radical (unpaired) electrons. The summed E-state index contributed by atoms with van der Waals surface area (Å²) in [7, 11) is 2.06. The second-order valence-electron chi connectivity index (χ2n) is 6.25. The smallest absolute Gasteiger partial charge is 0.101 e. The predicted octanol–water partition coefficient (Wildman–Crippen LogP) is 6.08. The highest BCUT2D eigenvalue weighted by Crippen LogP contribution is 2.43. The van der Waals surface area contributed by atoms with E-state index in [2.05, 4.69) is 84.5 Å². The molecule has 0 amide bonds. The summed E-state index contributed by atoms with van der Waals surface area (Å²) in [6.07, 6.45) is 2.14. The van der Waals surface area contributed by atoms with Crippen molar-refractivity contribution in [3.8, 4) is 16.5 Å². The third-order valence-corrected chi connectivity index (χ3v) is 6.11. The van der Waals surface area contributed by atoms with Crippen LogP contribution in [0.2, 0.25) is 0 Å². The molecule has 0 aliphatic rings. The van der Waals surface area contributed by atoms with E-state index in [0.717, 1.165) is 21.4 Å². The number of rotatable bonds is 1. The maximum absolute atomic E-state index is 9.87. The highest BCUT2D eigenvalue weighted by molar-refractivity contribution is 7.23. The van der Waals surface area contributed by atoms with Crippen LogP contribution in [0.25, 0.3) is 42.2 Å². The Labute approximate surface area is 149 Å². The van der Waals surface area contributed by atoms with Crippen LogP contribution in [0.15, 0.2) is 66.9 Å². The number of nitriles is 1. The van der Waals surface area contributed by atoms with Crippen LogP contribution in [-0.4, -0.2) is 4.57 Å². The molecule has 25 heavy (non-hydrogen) atoms. The van der Waals surface area contributed by atoms with E-state index in [-0.39, 0.29) is 0 Å². The first kappa shape index (κ1) is 14.3. The molecule has 2 nitrogen and oxygen atoms in total. The number of hydrogen-bond acceptors (Lipinski definition) is 2. The SMILES string of the molecule is Cn1cc(-c2sc3c(ccc4ccccc43)c2C#N)c2ccccc21. The van der Waals surface area contributed by atoms with Crippen LogP contribution in [0.3, 0.4) is 0 Å². The molecule has 2 heterocycles. The van der Waals surface area contributed by atoms with Gasteiger partial charge in [0.2, 0.25) is 0 Å². The van der Waals surface area contributed by atoms with Crippen molar-refractivity contribution in [3.05, 3.63) is 72.4 Å². The van der Waals surface area contributed by atoms with Gasteiger partial charge in [-0.3, -0.25) is 0 Å². The monoisotopic (exact) mass is 338 g/mol. The third-order valence-electron chi connectivity index (χ3n) is 4.83. The molecule has 0 bridgehead atoms. The molecule has 0 saturated heterocycles. The topological polar surface area (TPSA) is 28.7 Å². The van der Waals surface area contributed by atoms with Crippen molar-refractivity contribution in [2.24, 2.45) is 7.05 Å². The van der Waals surface area contributed by atoms with E-state index in [1.807, 2.05) is 0 Å². The van der Waals surface area contributed by atoms with Crippen molar-refractivity contribution in [1.82, 2.24) is 4.57 Å². The highest BCUT2D eigenvalue weighted by atomic mass is 32.1. The van der Waals surface area contributed by atoms with E-state index in [0.29, 0.717) is 0 Å². The third kappa shape index (κ3) is 1.95. The van der Waals surface area contributed by atoms with Crippen molar-refractivity contribution in [3.63, 3.8) is 0 Å². The Morgan fingerprint density at radius 1 is 0.880 bits per heavy atom. The van der Waals surface area contributed by atoms with Gasteiger partial charge in [0.15, 0.2) is 0 Å². The molecule has 3 aromatic carbocycles. The van der Waals surface area contributed by atoms with Gasteiger partial charge in [-0.15, -0.1) is 11.3 Å². The fourth-order valence-electron chi connectivity index (χ4n) is 3.65. The van der Waals surface area contributed by atoms with E-state index in [4.69, 9.17) is 0 Å². The maximum Gasteiger partial charge on any atom is 0.101 e. The highest BCUT2D eigenvalue weighted by Gasteiger charge is 2.18. The average molecular weight is 338 g/mol. The largest absolute Gasteiger partial charge is 0.350 e. The van der Waals surface area contributed by atoms with Crippen LogP contribution in [0.5, 0.6) is 0 Å². The first-order chi connectivity index (χ1) is 12.3. The van der Waals surface area contributed by atoms with Gasteiger partial charge in [-0.25, -0.2) is 0 Å². The molecular weight excluding hydrogens is 324 g/mol. The lowest BCUT2D eigenvalue weighted by Crippen LogP contribution is -1.81. The van der Waals surface area contributed by atoms with E-state index in [1.165, 1.54) is 26.4 Å². The Bertz CT molecular complexity index is 1310. The van der Waals surface area contributed by atoms with E-state index >= 15 is 0 Å². The molecule has 0 spiro atoms. The first-order valence-electron chi connectivity index (χ1n) is 8.16. The standard InChI is InChI=1S/C22H14N2S/c1-24-13-19(16-8-4-5-9-20(16)24)22-18(12-23)17-11-10-14-6-2-3-7-15(14)21(17)25-22/h2-11,13H,1H3. The molecule has 0 atom stereocenters. The average Bonchev–Trinajstić information content (AvgIpc) is 3.20. The zero-order chi connectivity index (χ0) is 17.0. The second kappa shape index (κ2) is 5.20. The minimum Gasteiger partial charge on any atom is -0.350 e. The van der Waals surface area contributed by atoms with Gasteiger partial charge in [0.1, 0.15) is 6.07 Å². The number of nitrogens with zero attached hydrogens (tertiary/aromatic N) is 2. The number of fused-ring (bicyclic) bond motifs is 4. The van der Waals surface area contributed by atoms with E-state index in [9.17, 15) is 5.26 Å². The van der Waals surface area contributed by atoms with Crippen molar-refractivity contribution in [2.75, 3.05) is 0 Å². The molecule has 0 N–H and O–H groups in total. The number of thiophene rings is 1. The van der Waals surface area contributed by atoms with Gasteiger partial charge in [0.25, 0.3) is 0 Å². The zero-order valence-electron chi connectivity index (χ0n) is 13.7. The normalized spacial score (nSPS) is 11.4. The molecule has 5 rings (SSSR count). The first-order valence-corrected chi connectivity index (χ1v) is 8.98. The Morgan fingerprint density at radius 2 is 1.64 bits per heavy atom. The fourth-order valence-corrected chi connectivity index (χ4v) is 4.96. The lowest BCUT2D eigenvalue weighted by molar-refractivity contribution is 0.970. The number of hydrogen-bond donors (Lipinski definition) is 0. The Morgan fingerprint density at radius 3 is 2.48 bits per heavy atom. The Hall–Kier alpha value is -3.09. The molecular formula is C22H14N2S. The number of aryl methyl sites for hydroxylation is 1. The molecule has 3 heteroatoms. The van der Waals surface area contributed by atoms with Gasteiger partial charge in [-0.1, -0.05) is 54.6 Å². The molecule has 2 aromatic heterocycles. The summed E-state index contributed by atoms with van der Waals surface area (Å²) < 4.78 is 3.33. The lowest BCUT2D eigenvalue weighted by Gasteiger charge is -1.98. The summed E-state index contributed by atoms with van der Waals surface area (Å²) in [5, 5.41) is 14.5. The second-order valence-corrected chi connectivity index (χ2v) is 7.27. The Kier molecular flexibility index (Phi) is 2.97. The molecule has 0 fully saturated rings. The maximum atomic E-state index is 9.87. The van der Waals surface area contributed by atoms with Crippen LogP contribution < -0.4 is 0 Å². The Balaban J connectivity index is 1.93. The lowest BCUT2D eigenvalue weighted by atomic mass is 10.0. The molecule has 0 saturated carbocycles. The van der Waals surface area contributed by atoms with Crippen molar-refractivity contribution < 1.29 is 0 Å². The number of aromatic nitrogens is 1. The molecule has 118 valence electrons. The van der Waals surface area contributed by atoms with Gasteiger partial charge in [-0.05, 0) is 16.8 Å². The summed E-state index contributed by atoms with van der Waals surface area (Å²) >= 11 is 1.72.